The van der Waals surface area contributed by atoms with Crippen LogP contribution in [0, 0.1) is 5.82 Å². The maximum absolute atomic E-state index is 12.7. The van der Waals surface area contributed by atoms with Gasteiger partial charge in [0.1, 0.15) is 12.4 Å². The van der Waals surface area contributed by atoms with E-state index in [4.69, 9.17) is 4.74 Å². The quantitative estimate of drug-likeness (QED) is 0.923. The van der Waals surface area contributed by atoms with Crippen LogP contribution in [0.1, 0.15) is 0 Å². The minimum Gasteiger partial charge on any atom is -0.491 e. The molecule has 0 aliphatic rings. The second-order valence-electron chi connectivity index (χ2n) is 4.06. The van der Waals surface area contributed by atoms with Crippen molar-refractivity contribution in [1.29, 1.82) is 0 Å². The molecule has 1 N–H and O–H groups in total. The van der Waals surface area contributed by atoms with E-state index in [1.54, 1.807) is 6.07 Å². The van der Waals surface area contributed by atoms with Crippen molar-refractivity contribution in [2.45, 2.75) is 6.54 Å². The van der Waals surface area contributed by atoms with Crippen LogP contribution in [-0.2, 0) is 11.3 Å². The zero-order valence-electron chi connectivity index (χ0n) is 10.8. The van der Waals surface area contributed by atoms with E-state index in [9.17, 15) is 14.0 Å². The van der Waals surface area contributed by atoms with Gasteiger partial charge in [0.25, 0.3) is 5.56 Å². The molecule has 104 valence electrons. The number of hydrogen-bond donors (Lipinski definition) is 1. The lowest BCUT2D eigenvalue weighted by molar-refractivity contribution is -0.116. The van der Waals surface area contributed by atoms with Crippen LogP contribution in [0.3, 0.4) is 0 Å². The van der Waals surface area contributed by atoms with Gasteiger partial charge in [-0.25, -0.2) is 4.39 Å². The number of carbonyl (C=O) groups excluding carboxylic acids is 1. The maximum Gasteiger partial charge on any atom is 0.293 e. The van der Waals surface area contributed by atoms with Crippen molar-refractivity contribution in [2.24, 2.45) is 0 Å². The number of carbonyl (C=O) groups is 1. The van der Waals surface area contributed by atoms with Crippen molar-refractivity contribution in [3.05, 3.63) is 58.8 Å². The maximum atomic E-state index is 12.7. The molecule has 0 radical (unpaired) electrons. The summed E-state index contributed by atoms with van der Waals surface area (Å²) in [5.41, 5.74) is 0.0802. The molecule has 0 atom stereocenters. The van der Waals surface area contributed by atoms with E-state index in [2.05, 4.69) is 5.32 Å². The number of amides is 1. The highest BCUT2D eigenvalue weighted by atomic mass is 19.1. The van der Waals surface area contributed by atoms with E-state index >= 15 is 0 Å². The largest absolute Gasteiger partial charge is 0.491 e. The van der Waals surface area contributed by atoms with Crippen LogP contribution in [0.25, 0.3) is 0 Å². The summed E-state index contributed by atoms with van der Waals surface area (Å²) in [7, 11) is 1.39. The van der Waals surface area contributed by atoms with Gasteiger partial charge >= 0.3 is 0 Å². The fourth-order valence-electron chi connectivity index (χ4n) is 1.68. The fourth-order valence-corrected chi connectivity index (χ4v) is 1.68. The third-order valence-corrected chi connectivity index (χ3v) is 2.65. The van der Waals surface area contributed by atoms with Gasteiger partial charge in [-0.1, -0.05) is 0 Å². The Kier molecular flexibility index (Phi) is 4.14. The molecule has 0 bridgehead atoms. The molecule has 0 saturated carbocycles. The van der Waals surface area contributed by atoms with Gasteiger partial charge in [0.05, 0.1) is 7.11 Å². The first-order valence-electron chi connectivity index (χ1n) is 5.89. The molecule has 0 unspecified atom stereocenters. The molecule has 1 amide bonds. The number of pyridine rings is 1. The highest BCUT2D eigenvalue weighted by Crippen LogP contribution is 2.08. The number of ether oxygens (including phenoxy) is 1. The third-order valence-electron chi connectivity index (χ3n) is 2.65. The Morgan fingerprint density at radius 1 is 1.30 bits per heavy atom. The molecule has 5 nitrogen and oxygen atoms in total. The highest BCUT2D eigenvalue weighted by Gasteiger charge is 2.08. The number of benzene rings is 1. The monoisotopic (exact) mass is 276 g/mol. The van der Waals surface area contributed by atoms with E-state index in [1.165, 1.54) is 48.2 Å². The Morgan fingerprint density at radius 2 is 2.00 bits per heavy atom. The number of nitrogens with one attached hydrogen (secondary N) is 1. The molecule has 2 rings (SSSR count). The lowest BCUT2D eigenvalue weighted by Gasteiger charge is -2.08. The number of nitrogens with zero attached hydrogens (tertiary/aromatic N) is 1. The molecule has 6 heteroatoms. The zero-order valence-corrected chi connectivity index (χ0v) is 10.8. The predicted octanol–water partition coefficient (Wildman–Crippen LogP) is 1.63. The second kappa shape index (κ2) is 6.01. The van der Waals surface area contributed by atoms with Gasteiger partial charge in [-0.3, -0.25) is 9.59 Å². The summed E-state index contributed by atoms with van der Waals surface area (Å²) in [5, 5.41) is 2.58. The van der Waals surface area contributed by atoms with Crippen LogP contribution >= 0.6 is 0 Å². The molecule has 2 aromatic rings. The molecule has 0 aliphatic heterocycles. The van der Waals surface area contributed by atoms with Gasteiger partial charge < -0.3 is 14.6 Å². The van der Waals surface area contributed by atoms with Gasteiger partial charge in [0.2, 0.25) is 5.91 Å². The van der Waals surface area contributed by atoms with Crippen molar-refractivity contribution < 1.29 is 13.9 Å². The van der Waals surface area contributed by atoms with Gasteiger partial charge in [-0.2, -0.15) is 0 Å². The number of halogens is 1. The minimum atomic E-state index is -0.385. The average Bonchev–Trinajstić information content (AvgIpc) is 2.44. The molecule has 0 fully saturated rings. The normalized spacial score (nSPS) is 10.1. The first kappa shape index (κ1) is 13.8. The van der Waals surface area contributed by atoms with Crippen molar-refractivity contribution in [3.8, 4) is 5.75 Å². The summed E-state index contributed by atoms with van der Waals surface area (Å²) in [5.74, 6) is -0.596. The second-order valence-corrected chi connectivity index (χ2v) is 4.06. The number of hydrogen-bond acceptors (Lipinski definition) is 3. The van der Waals surface area contributed by atoms with Crippen molar-refractivity contribution in [1.82, 2.24) is 4.57 Å². The molecule has 20 heavy (non-hydrogen) atoms. The number of anilines is 1. The molecular formula is C14H13FN2O3. The molecule has 1 aromatic carbocycles. The zero-order chi connectivity index (χ0) is 14.5. The lowest BCUT2D eigenvalue weighted by Crippen LogP contribution is -2.27. The van der Waals surface area contributed by atoms with Crippen LogP contribution in [0.5, 0.6) is 5.75 Å². The minimum absolute atomic E-state index is 0.145. The van der Waals surface area contributed by atoms with Gasteiger partial charge in [-0.05, 0) is 36.4 Å². The predicted molar refractivity (Wildman–Crippen MR) is 72.3 cm³/mol. The van der Waals surface area contributed by atoms with Gasteiger partial charge in [0, 0.05) is 11.9 Å². The average molecular weight is 276 g/mol. The van der Waals surface area contributed by atoms with Crippen LogP contribution < -0.4 is 15.6 Å². The van der Waals surface area contributed by atoms with Crippen LogP contribution in [0.15, 0.2) is 47.4 Å². The molecule has 0 saturated heterocycles. The summed E-state index contributed by atoms with van der Waals surface area (Å²) >= 11 is 0. The SMILES string of the molecule is COc1cccn(CC(=O)Nc2ccc(F)cc2)c1=O. The Balaban J connectivity index is 2.08. The summed E-state index contributed by atoms with van der Waals surface area (Å²) in [6.45, 7) is -0.145. The van der Waals surface area contributed by atoms with E-state index in [0.29, 0.717) is 5.69 Å². The lowest BCUT2D eigenvalue weighted by atomic mass is 10.3. The van der Waals surface area contributed by atoms with Gasteiger partial charge in [-0.15, -0.1) is 0 Å². The van der Waals surface area contributed by atoms with E-state index in [-0.39, 0.29) is 29.6 Å². The van der Waals surface area contributed by atoms with Crippen LogP contribution in [0.2, 0.25) is 0 Å². The number of aromatic nitrogens is 1. The van der Waals surface area contributed by atoms with Crippen molar-refractivity contribution in [3.63, 3.8) is 0 Å². The fraction of sp³-hybridized carbons (Fsp3) is 0.143. The topological polar surface area (TPSA) is 60.3 Å². The standard InChI is InChI=1S/C14H13FN2O3/c1-20-12-3-2-8-17(14(12)19)9-13(18)16-11-6-4-10(15)5-7-11/h2-8H,9H2,1H3,(H,16,18). The highest BCUT2D eigenvalue weighted by molar-refractivity contribution is 5.90. The van der Waals surface area contributed by atoms with E-state index < -0.39 is 0 Å². The molecule has 0 aliphatic carbocycles. The first-order valence-corrected chi connectivity index (χ1v) is 5.89. The Hall–Kier alpha value is -2.63. The third kappa shape index (κ3) is 3.23. The molecule has 0 spiro atoms. The van der Waals surface area contributed by atoms with Crippen LogP contribution in [0.4, 0.5) is 10.1 Å². The molecular weight excluding hydrogens is 263 g/mol. The summed E-state index contributed by atoms with van der Waals surface area (Å²) < 4.78 is 18.9. The Morgan fingerprint density at radius 3 is 2.65 bits per heavy atom. The number of methoxy groups -OCH3 is 1. The van der Waals surface area contributed by atoms with Crippen molar-refractivity contribution >= 4 is 11.6 Å². The van der Waals surface area contributed by atoms with Crippen molar-refractivity contribution in [2.75, 3.05) is 12.4 Å². The smallest absolute Gasteiger partial charge is 0.293 e. The summed E-state index contributed by atoms with van der Waals surface area (Å²) in [6, 6.07) is 8.52. The first-order chi connectivity index (χ1) is 9.60. The number of rotatable bonds is 4. The van der Waals surface area contributed by atoms with E-state index in [0.717, 1.165) is 0 Å². The molecule has 1 aromatic heterocycles. The Bertz CT molecular complexity index is 665. The van der Waals surface area contributed by atoms with Crippen LogP contribution in [-0.4, -0.2) is 17.6 Å². The summed E-state index contributed by atoms with van der Waals surface area (Å²) in [4.78, 5) is 23.7. The molecule has 1 heterocycles. The summed E-state index contributed by atoms with van der Waals surface area (Å²) in [6.07, 6.45) is 1.50. The van der Waals surface area contributed by atoms with Gasteiger partial charge in [0.15, 0.2) is 5.75 Å². The van der Waals surface area contributed by atoms with E-state index in [1.807, 2.05) is 0 Å². The Labute approximate surface area is 114 Å².